The summed E-state index contributed by atoms with van der Waals surface area (Å²) >= 11 is 3.22. The Balaban J connectivity index is 1.60. The lowest BCUT2D eigenvalue weighted by atomic mass is 9.98. The molecule has 2 amide bonds. The van der Waals surface area contributed by atoms with Gasteiger partial charge in [0.2, 0.25) is 12.5 Å². The van der Waals surface area contributed by atoms with Crippen molar-refractivity contribution in [2.24, 2.45) is 5.92 Å². The summed E-state index contributed by atoms with van der Waals surface area (Å²) in [5, 5.41) is 25.9. The first-order valence-electron chi connectivity index (χ1n) is 11.7. The van der Waals surface area contributed by atoms with Crippen molar-refractivity contribution in [2.45, 2.75) is 19.3 Å². The molecule has 3 N–H and O–H groups in total. The van der Waals surface area contributed by atoms with Gasteiger partial charge in [-0.15, -0.1) is 0 Å². The average Bonchev–Trinajstić information content (AvgIpc) is 2.88. The van der Waals surface area contributed by atoms with Crippen molar-refractivity contribution in [3.8, 4) is 5.75 Å². The smallest absolute Gasteiger partial charge is 0.407 e. The molecule has 0 bridgehead atoms. The third-order valence-corrected chi connectivity index (χ3v) is 6.57. The van der Waals surface area contributed by atoms with E-state index in [9.17, 15) is 24.1 Å². The summed E-state index contributed by atoms with van der Waals surface area (Å²) < 4.78 is 21.1. The normalized spacial score (nSPS) is 13.8. The molecule has 1 aliphatic rings. The van der Waals surface area contributed by atoms with Crippen LogP contribution in [0.25, 0.3) is 10.9 Å². The minimum atomic E-state index is -0.953. The lowest BCUT2D eigenvalue weighted by Crippen LogP contribution is -2.38. The van der Waals surface area contributed by atoms with Gasteiger partial charge < -0.3 is 25.4 Å². The predicted molar refractivity (Wildman–Crippen MR) is 140 cm³/mol. The Morgan fingerprint density at radius 2 is 1.97 bits per heavy atom. The Morgan fingerprint density at radius 1 is 1.21 bits per heavy atom. The van der Waals surface area contributed by atoms with Crippen LogP contribution in [0.5, 0.6) is 5.75 Å². The maximum atomic E-state index is 14.4. The summed E-state index contributed by atoms with van der Waals surface area (Å²) in [5.74, 6) is -0.404. The molecule has 0 atom stereocenters. The number of carbonyl (C=O) groups is 2. The maximum absolute atomic E-state index is 14.4. The van der Waals surface area contributed by atoms with Crippen LogP contribution < -0.4 is 15.4 Å². The first-order chi connectivity index (χ1) is 18.2. The molecule has 0 aliphatic carbocycles. The Kier molecular flexibility index (Phi) is 8.51. The van der Waals surface area contributed by atoms with Crippen LogP contribution in [0.1, 0.15) is 19.3 Å². The molecule has 0 unspecified atom stereocenters. The van der Waals surface area contributed by atoms with Crippen LogP contribution in [-0.2, 0) is 4.79 Å². The Labute approximate surface area is 224 Å². The fourth-order valence-corrected chi connectivity index (χ4v) is 4.36. The number of nitro groups is 1. The standard InChI is InChI=1S/C24H24BrFN6O6/c25-15-1-2-18(17(26)9-15)30-23-16-10-20(29-22(33)5-8-32(36)37)21(11-19(16)27-13-28-23)38-12-14-3-6-31(7-4-14)24(34)35/h1-2,9-11,13-14H,3-8,12H2,(H,29,33)(H,34,35)(H,27,28,30). The molecule has 38 heavy (non-hydrogen) atoms. The number of aromatic nitrogens is 2. The minimum Gasteiger partial charge on any atom is -0.491 e. The van der Waals surface area contributed by atoms with Crippen molar-refractivity contribution < 1.29 is 28.7 Å². The number of benzene rings is 2. The highest BCUT2D eigenvalue weighted by Gasteiger charge is 2.23. The number of carboxylic acid groups (broad SMARTS) is 1. The second-order valence-electron chi connectivity index (χ2n) is 8.72. The van der Waals surface area contributed by atoms with Crippen LogP contribution in [0.4, 0.5) is 26.4 Å². The molecule has 0 saturated carbocycles. The monoisotopic (exact) mass is 590 g/mol. The van der Waals surface area contributed by atoms with Crippen LogP contribution in [-0.4, -0.2) is 63.1 Å². The van der Waals surface area contributed by atoms with E-state index in [-0.39, 0.29) is 36.1 Å². The molecule has 4 rings (SSSR count). The number of halogens is 2. The van der Waals surface area contributed by atoms with E-state index in [1.165, 1.54) is 17.3 Å². The molecule has 1 aliphatic heterocycles. The SMILES string of the molecule is O=C(CC[N+](=O)[O-])Nc1cc2c(Nc3ccc(Br)cc3F)ncnc2cc1OCC1CCN(C(=O)O)CC1. The number of hydrogen-bond acceptors (Lipinski definition) is 8. The van der Waals surface area contributed by atoms with Crippen molar-refractivity contribution in [2.75, 3.05) is 36.9 Å². The third-order valence-electron chi connectivity index (χ3n) is 6.08. The van der Waals surface area contributed by atoms with Crippen molar-refractivity contribution >= 4 is 56.0 Å². The summed E-state index contributed by atoms with van der Waals surface area (Å²) in [4.78, 5) is 43.6. The number of ether oxygens (including phenoxy) is 1. The molecular formula is C24H24BrFN6O6. The lowest BCUT2D eigenvalue weighted by molar-refractivity contribution is -0.478. The molecule has 1 fully saturated rings. The number of nitrogens with one attached hydrogen (secondary N) is 2. The van der Waals surface area contributed by atoms with Crippen LogP contribution in [0.2, 0.25) is 0 Å². The van der Waals surface area contributed by atoms with Gasteiger partial charge >= 0.3 is 6.09 Å². The van der Waals surface area contributed by atoms with Crippen LogP contribution in [0.15, 0.2) is 41.1 Å². The zero-order valence-electron chi connectivity index (χ0n) is 20.0. The number of likely N-dealkylation sites (tertiary alicyclic amines) is 1. The number of piperidine rings is 1. The number of nitrogens with zero attached hydrogens (tertiary/aromatic N) is 4. The molecule has 12 nitrogen and oxygen atoms in total. The van der Waals surface area contributed by atoms with Crippen LogP contribution >= 0.6 is 15.9 Å². The Hall–Kier alpha value is -4.07. The molecule has 200 valence electrons. The Morgan fingerprint density at radius 3 is 2.66 bits per heavy atom. The fourth-order valence-electron chi connectivity index (χ4n) is 4.02. The van der Waals surface area contributed by atoms with E-state index in [0.717, 1.165) is 0 Å². The van der Waals surface area contributed by atoms with Gasteiger partial charge in [0.25, 0.3) is 0 Å². The first-order valence-corrected chi connectivity index (χ1v) is 12.5. The molecule has 0 radical (unpaired) electrons. The zero-order valence-corrected chi connectivity index (χ0v) is 21.6. The number of hydrogen-bond donors (Lipinski definition) is 3. The Bertz CT molecular complexity index is 1370. The number of rotatable bonds is 9. The molecule has 1 aromatic heterocycles. The molecule has 14 heteroatoms. The largest absolute Gasteiger partial charge is 0.491 e. The highest BCUT2D eigenvalue weighted by atomic mass is 79.9. The number of carbonyl (C=O) groups excluding carboxylic acids is 1. The average molecular weight is 591 g/mol. The molecule has 2 aromatic carbocycles. The zero-order chi connectivity index (χ0) is 27.2. The molecule has 2 heterocycles. The van der Waals surface area contributed by atoms with Crippen molar-refractivity contribution in [1.82, 2.24) is 14.9 Å². The topological polar surface area (TPSA) is 160 Å². The minimum absolute atomic E-state index is 0.0994. The number of fused-ring (bicyclic) bond motifs is 1. The summed E-state index contributed by atoms with van der Waals surface area (Å²) in [7, 11) is 0. The van der Waals surface area contributed by atoms with E-state index in [2.05, 4.69) is 36.5 Å². The summed E-state index contributed by atoms with van der Waals surface area (Å²) in [6, 6.07) is 7.69. The lowest BCUT2D eigenvalue weighted by Gasteiger charge is -2.30. The van der Waals surface area contributed by atoms with Gasteiger partial charge in [-0.2, -0.15) is 0 Å². The number of anilines is 3. The highest BCUT2D eigenvalue weighted by Crippen LogP contribution is 2.35. The third kappa shape index (κ3) is 6.82. The van der Waals surface area contributed by atoms with Gasteiger partial charge in [-0.25, -0.2) is 19.2 Å². The maximum Gasteiger partial charge on any atom is 0.407 e. The molecule has 1 saturated heterocycles. The van der Waals surface area contributed by atoms with Gasteiger partial charge in [-0.1, -0.05) is 15.9 Å². The first kappa shape index (κ1) is 27.0. The second kappa shape index (κ2) is 12.0. The van der Waals surface area contributed by atoms with Gasteiger partial charge in [0.05, 0.1) is 29.9 Å². The van der Waals surface area contributed by atoms with Gasteiger partial charge in [-0.05, 0) is 43.0 Å². The molecular weight excluding hydrogens is 567 g/mol. The molecule has 3 aromatic rings. The highest BCUT2D eigenvalue weighted by molar-refractivity contribution is 9.10. The fraction of sp³-hybridized carbons (Fsp3) is 0.333. The van der Waals surface area contributed by atoms with Crippen LogP contribution in [0, 0.1) is 21.8 Å². The van der Waals surface area contributed by atoms with Gasteiger partial charge in [0.15, 0.2) is 0 Å². The van der Waals surface area contributed by atoms with E-state index < -0.39 is 29.3 Å². The second-order valence-corrected chi connectivity index (χ2v) is 9.63. The van der Waals surface area contributed by atoms with Gasteiger partial charge in [0.1, 0.15) is 23.7 Å². The van der Waals surface area contributed by atoms with Crippen molar-refractivity contribution in [1.29, 1.82) is 0 Å². The van der Waals surface area contributed by atoms with Gasteiger partial charge in [-0.3, -0.25) is 14.9 Å². The van der Waals surface area contributed by atoms with Gasteiger partial charge in [0, 0.05) is 33.9 Å². The van der Waals surface area contributed by atoms with E-state index in [1.54, 1.807) is 24.3 Å². The van der Waals surface area contributed by atoms with Crippen molar-refractivity contribution in [3.63, 3.8) is 0 Å². The summed E-state index contributed by atoms with van der Waals surface area (Å²) in [5.41, 5.74) is 0.889. The van der Waals surface area contributed by atoms with E-state index >= 15 is 0 Å². The summed E-state index contributed by atoms with van der Waals surface area (Å²) in [6.07, 6.45) is 1.27. The van der Waals surface area contributed by atoms with E-state index in [0.29, 0.717) is 47.1 Å². The number of amides is 2. The molecule has 0 spiro atoms. The van der Waals surface area contributed by atoms with Crippen LogP contribution in [0.3, 0.4) is 0 Å². The quantitative estimate of drug-likeness (QED) is 0.238. The van der Waals surface area contributed by atoms with E-state index in [4.69, 9.17) is 9.84 Å². The predicted octanol–water partition coefficient (Wildman–Crippen LogP) is 4.65. The van der Waals surface area contributed by atoms with E-state index in [1.807, 2.05) is 0 Å². The van der Waals surface area contributed by atoms with Crippen molar-refractivity contribution in [3.05, 3.63) is 57.1 Å². The summed E-state index contributed by atoms with van der Waals surface area (Å²) in [6.45, 7) is 0.550.